The summed E-state index contributed by atoms with van der Waals surface area (Å²) in [4.78, 5) is 11.7. The van der Waals surface area contributed by atoms with Gasteiger partial charge in [-0.1, -0.05) is 30.3 Å². The fourth-order valence-corrected chi connectivity index (χ4v) is 3.20. The van der Waals surface area contributed by atoms with E-state index in [1.54, 1.807) is 0 Å². The lowest BCUT2D eigenvalue weighted by Crippen LogP contribution is -2.35. The molecule has 1 aromatic heterocycles. The van der Waals surface area contributed by atoms with Gasteiger partial charge in [0.25, 0.3) is 0 Å². The molecule has 0 bridgehead atoms. The summed E-state index contributed by atoms with van der Waals surface area (Å²) in [5, 5.41) is 3.21. The molecule has 0 saturated heterocycles. The molecular weight excluding hydrogens is 320 g/mol. The Morgan fingerprint density at radius 1 is 1.29 bits per heavy atom. The average Bonchev–Trinajstić information content (AvgIpc) is 2.57. The first-order chi connectivity index (χ1) is 11.1. The molecule has 24 heavy (non-hydrogen) atoms. The van der Waals surface area contributed by atoms with E-state index in [1.165, 1.54) is 11.1 Å². The lowest BCUT2D eigenvalue weighted by atomic mass is 9.93. The van der Waals surface area contributed by atoms with Gasteiger partial charge in [-0.3, -0.25) is 0 Å². The number of hydrogen-bond acceptors (Lipinski definition) is 4. The van der Waals surface area contributed by atoms with Crippen molar-refractivity contribution in [3.05, 3.63) is 59.3 Å². The third-order valence-corrected chi connectivity index (χ3v) is 4.63. The number of benzene rings is 1. The maximum atomic E-state index is 4.77. The van der Waals surface area contributed by atoms with Crippen molar-refractivity contribution in [3.63, 3.8) is 0 Å². The molecule has 1 atom stereocenters. The molecule has 1 unspecified atom stereocenters. The van der Waals surface area contributed by atoms with Crippen LogP contribution in [-0.2, 0) is 6.42 Å². The van der Waals surface area contributed by atoms with Gasteiger partial charge in [-0.05, 0) is 38.3 Å². The zero-order valence-corrected chi connectivity index (χ0v) is 15.4. The van der Waals surface area contributed by atoms with Crippen LogP contribution in [0.3, 0.4) is 0 Å². The molecule has 0 radical (unpaired) electrons. The number of nitrogens with one attached hydrogen (secondary N) is 1. The van der Waals surface area contributed by atoms with Gasteiger partial charge >= 0.3 is 0 Å². The van der Waals surface area contributed by atoms with Crippen molar-refractivity contribution < 1.29 is 0 Å². The Labute approximate surface area is 150 Å². The molecule has 1 aromatic carbocycles. The van der Waals surface area contributed by atoms with Crippen LogP contribution in [0, 0.1) is 13.8 Å². The molecule has 5 heteroatoms. The Balaban J connectivity index is 0.00000208. The second-order valence-corrected chi connectivity index (χ2v) is 6.07. The van der Waals surface area contributed by atoms with Gasteiger partial charge in [-0.25, -0.2) is 4.98 Å². The minimum atomic E-state index is 0. The third-order valence-electron chi connectivity index (χ3n) is 4.63. The van der Waals surface area contributed by atoms with Gasteiger partial charge in [-0.15, -0.1) is 19.0 Å². The highest BCUT2D eigenvalue weighted by atomic mass is 35.5. The van der Waals surface area contributed by atoms with Gasteiger partial charge in [0, 0.05) is 24.3 Å². The molecule has 1 aliphatic heterocycles. The van der Waals surface area contributed by atoms with E-state index in [2.05, 4.69) is 59.9 Å². The molecule has 128 valence electrons. The minimum absolute atomic E-state index is 0. The highest BCUT2D eigenvalue weighted by Gasteiger charge is 2.26. The molecule has 1 N–H and O–H groups in total. The number of fused-ring (bicyclic) bond motifs is 1. The van der Waals surface area contributed by atoms with E-state index in [-0.39, 0.29) is 12.4 Å². The summed E-state index contributed by atoms with van der Waals surface area (Å²) in [6, 6.07) is 9.03. The number of rotatable bonds is 4. The minimum Gasteiger partial charge on any atom is -0.351 e. The predicted molar refractivity (Wildman–Crippen MR) is 103 cm³/mol. The number of halogens is 1. The third kappa shape index (κ3) is 3.39. The number of hydrogen-bond donors (Lipinski definition) is 1. The maximum absolute atomic E-state index is 4.77. The van der Waals surface area contributed by atoms with Crippen LogP contribution < -0.4 is 10.2 Å². The first kappa shape index (κ1) is 18.3. The van der Waals surface area contributed by atoms with Gasteiger partial charge < -0.3 is 10.2 Å². The molecule has 0 amide bonds. The Bertz CT molecular complexity index is 729. The van der Waals surface area contributed by atoms with Gasteiger partial charge in [0.1, 0.15) is 5.82 Å². The van der Waals surface area contributed by atoms with E-state index in [9.17, 15) is 0 Å². The SMILES string of the molecule is C=CCNc1nc(C)c(C)c(N2CCc3ccccc3C2C)n1.Cl. The molecule has 0 fully saturated rings. The zero-order chi connectivity index (χ0) is 16.4. The second kappa shape index (κ2) is 7.67. The van der Waals surface area contributed by atoms with Crippen molar-refractivity contribution in [2.75, 3.05) is 23.3 Å². The Hall–Kier alpha value is -2.07. The summed E-state index contributed by atoms with van der Waals surface area (Å²) in [6.45, 7) is 11.8. The van der Waals surface area contributed by atoms with Crippen LogP contribution in [0.25, 0.3) is 0 Å². The Morgan fingerprint density at radius 3 is 2.79 bits per heavy atom. The van der Waals surface area contributed by atoms with Crippen molar-refractivity contribution in [1.82, 2.24) is 9.97 Å². The average molecular weight is 345 g/mol. The van der Waals surface area contributed by atoms with Gasteiger partial charge in [0.2, 0.25) is 5.95 Å². The van der Waals surface area contributed by atoms with Crippen molar-refractivity contribution in [1.29, 1.82) is 0 Å². The fourth-order valence-electron chi connectivity index (χ4n) is 3.20. The van der Waals surface area contributed by atoms with Crippen LogP contribution in [0.15, 0.2) is 36.9 Å². The summed E-state index contributed by atoms with van der Waals surface area (Å²) in [5.41, 5.74) is 5.02. The van der Waals surface area contributed by atoms with Crippen LogP contribution in [0.2, 0.25) is 0 Å². The topological polar surface area (TPSA) is 41.1 Å². The molecule has 2 heterocycles. The molecule has 4 nitrogen and oxygen atoms in total. The normalized spacial score (nSPS) is 16.1. The van der Waals surface area contributed by atoms with Crippen LogP contribution in [0.5, 0.6) is 0 Å². The Kier molecular flexibility index (Phi) is 5.84. The van der Waals surface area contributed by atoms with E-state index in [4.69, 9.17) is 4.98 Å². The smallest absolute Gasteiger partial charge is 0.225 e. The van der Waals surface area contributed by atoms with Crippen molar-refractivity contribution in [2.45, 2.75) is 33.2 Å². The van der Waals surface area contributed by atoms with E-state index in [0.717, 1.165) is 30.0 Å². The van der Waals surface area contributed by atoms with Crippen molar-refractivity contribution >= 4 is 24.2 Å². The summed E-state index contributed by atoms with van der Waals surface area (Å²) < 4.78 is 0. The number of anilines is 2. The molecular formula is C19H25ClN4. The van der Waals surface area contributed by atoms with Crippen LogP contribution in [-0.4, -0.2) is 23.1 Å². The predicted octanol–water partition coefficient (Wildman–Crippen LogP) is 4.24. The van der Waals surface area contributed by atoms with Crippen molar-refractivity contribution in [2.24, 2.45) is 0 Å². The van der Waals surface area contributed by atoms with Crippen molar-refractivity contribution in [3.8, 4) is 0 Å². The molecule has 1 aliphatic rings. The first-order valence-electron chi connectivity index (χ1n) is 8.16. The van der Waals surface area contributed by atoms with E-state index < -0.39 is 0 Å². The fraction of sp³-hybridized carbons (Fsp3) is 0.368. The van der Waals surface area contributed by atoms with Gasteiger partial charge in [-0.2, -0.15) is 4.98 Å². The number of aromatic nitrogens is 2. The van der Waals surface area contributed by atoms with E-state index in [0.29, 0.717) is 18.5 Å². The Morgan fingerprint density at radius 2 is 2.04 bits per heavy atom. The summed E-state index contributed by atoms with van der Waals surface area (Å²) in [5.74, 6) is 1.71. The number of nitrogens with zero attached hydrogens (tertiary/aromatic N) is 3. The van der Waals surface area contributed by atoms with Gasteiger partial charge in [0.05, 0.1) is 6.04 Å². The second-order valence-electron chi connectivity index (χ2n) is 6.07. The summed E-state index contributed by atoms with van der Waals surface area (Å²) >= 11 is 0. The van der Waals surface area contributed by atoms with E-state index in [1.807, 2.05) is 13.0 Å². The number of aryl methyl sites for hydroxylation is 1. The standard InChI is InChI=1S/C19H24N4.ClH/c1-5-11-20-19-21-14(3)13(2)18(22-19)23-12-10-16-8-6-7-9-17(16)15(23)4;/h5-9,15H,1,10-12H2,2-4H3,(H,20,21,22);1H. The summed E-state index contributed by atoms with van der Waals surface area (Å²) in [7, 11) is 0. The molecule has 3 rings (SSSR count). The molecule has 2 aromatic rings. The lowest BCUT2D eigenvalue weighted by molar-refractivity contribution is 0.614. The molecule has 0 saturated carbocycles. The van der Waals surface area contributed by atoms with Crippen LogP contribution >= 0.6 is 12.4 Å². The maximum Gasteiger partial charge on any atom is 0.225 e. The molecule has 0 spiro atoms. The summed E-state index contributed by atoms with van der Waals surface area (Å²) in [6.07, 6.45) is 2.87. The lowest BCUT2D eigenvalue weighted by Gasteiger charge is -2.37. The van der Waals surface area contributed by atoms with Crippen LogP contribution in [0.1, 0.15) is 35.3 Å². The monoisotopic (exact) mass is 344 g/mol. The van der Waals surface area contributed by atoms with E-state index >= 15 is 0 Å². The van der Waals surface area contributed by atoms with Crippen LogP contribution in [0.4, 0.5) is 11.8 Å². The first-order valence-corrected chi connectivity index (χ1v) is 8.16. The highest BCUT2D eigenvalue weighted by molar-refractivity contribution is 5.85. The van der Waals surface area contributed by atoms with Gasteiger partial charge in [0.15, 0.2) is 0 Å². The quantitative estimate of drug-likeness (QED) is 0.842. The highest BCUT2D eigenvalue weighted by Crippen LogP contribution is 2.34. The largest absolute Gasteiger partial charge is 0.351 e. The zero-order valence-electron chi connectivity index (χ0n) is 14.5. The molecule has 0 aliphatic carbocycles.